The Morgan fingerprint density at radius 1 is 1.47 bits per heavy atom. The fraction of sp³-hybridized carbons (Fsp3) is 0.222. The lowest BCUT2D eigenvalue weighted by molar-refractivity contribution is 0.439. The third-order valence-corrected chi connectivity index (χ3v) is 1.96. The second kappa shape index (κ2) is 3.32. The van der Waals surface area contributed by atoms with Crippen molar-refractivity contribution in [2.24, 2.45) is 10.7 Å². The molecule has 6 heteroatoms. The van der Waals surface area contributed by atoms with Crippen molar-refractivity contribution in [3.05, 3.63) is 24.2 Å². The first-order valence-corrected chi connectivity index (χ1v) is 4.48. The van der Waals surface area contributed by atoms with E-state index in [1.807, 2.05) is 0 Å². The van der Waals surface area contributed by atoms with Crippen LogP contribution in [0.1, 0.15) is 12.6 Å². The number of nitrogens with two attached hydrogens (primary N) is 2. The van der Waals surface area contributed by atoms with Crippen LogP contribution in [-0.2, 0) is 0 Å². The number of aromatic nitrogens is 2. The van der Waals surface area contributed by atoms with E-state index in [0.717, 1.165) is 5.57 Å². The van der Waals surface area contributed by atoms with Crippen LogP contribution in [0.3, 0.4) is 0 Å². The van der Waals surface area contributed by atoms with Crippen LogP contribution in [0.25, 0.3) is 5.57 Å². The van der Waals surface area contributed by atoms with Crippen LogP contribution in [-0.4, -0.2) is 22.0 Å². The number of nitrogen functional groups attached to an aromatic ring is 1. The SMILES string of the molecule is CC1(N)N=CC(c2ccnc(N)n2)=CN1. The molecular formula is C9H12N6. The van der Waals surface area contributed by atoms with E-state index >= 15 is 0 Å². The van der Waals surface area contributed by atoms with Gasteiger partial charge in [-0.1, -0.05) is 0 Å². The van der Waals surface area contributed by atoms with Gasteiger partial charge in [0.25, 0.3) is 0 Å². The Hall–Kier alpha value is -1.95. The van der Waals surface area contributed by atoms with Crippen molar-refractivity contribution < 1.29 is 0 Å². The van der Waals surface area contributed by atoms with Crippen molar-refractivity contribution in [3.8, 4) is 0 Å². The van der Waals surface area contributed by atoms with E-state index in [-0.39, 0.29) is 5.95 Å². The van der Waals surface area contributed by atoms with Gasteiger partial charge in [-0.25, -0.2) is 9.97 Å². The molecule has 1 aliphatic rings. The Bertz CT molecular complexity index is 434. The fourth-order valence-electron chi connectivity index (χ4n) is 1.18. The smallest absolute Gasteiger partial charge is 0.220 e. The van der Waals surface area contributed by atoms with Gasteiger partial charge in [-0.3, -0.25) is 10.7 Å². The topological polar surface area (TPSA) is 102 Å². The van der Waals surface area contributed by atoms with Crippen molar-refractivity contribution in [2.45, 2.75) is 12.7 Å². The second-order valence-corrected chi connectivity index (χ2v) is 3.45. The van der Waals surface area contributed by atoms with Crippen LogP contribution in [0.2, 0.25) is 0 Å². The second-order valence-electron chi connectivity index (χ2n) is 3.45. The van der Waals surface area contributed by atoms with E-state index in [2.05, 4.69) is 20.3 Å². The molecule has 0 saturated carbocycles. The zero-order chi connectivity index (χ0) is 10.9. The molecule has 0 aliphatic carbocycles. The Morgan fingerprint density at radius 3 is 2.87 bits per heavy atom. The monoisotopic (exact) mass is 204 g/mol. The quantitative estimate of drug-likeness (QED) is 0.583. The number of anilines is 1. The highest BCUT2D eigenvalue weighted by molar-refractivity contribution is 6.09. The molecule has 1 unspecified atom stereocenters. The Labute approximate surface area is 87.1 Å². The standard InChI is InChI=1S/C9H12N6/c1-9(11)13-4-6(5-14-9)7-2-3-12-8(10)15-7/h2-5,13H,11H2,1H3,(H2,10,12,15). The first-order chi connectivity index (χ1) is 7.07. The molecule has 0 spiro atoms. The van der Waals surface area contributed by atoms with Crippen LogP contribution < -0.4 is 16.8 Å². The van der Waals surface area contributed by atoms with Gasteiger partial charge in [0.1, 0.15) is 0 Å². The largest absolute Gasteiger partial charge is 0.368 e. The maximum atomic E-state index is 5.74. The van der Waals surface area contributed by atoms with E-state index in [9.17, 15) is 0 Å². The van der Waals surface area contributed by atoms with Gasteiger partial charge < -0.3 is 11.1 Å². The summed E-state index contributed by atoms with van der Waals surface area (Å²) in [6.45, 7) is 1.77. The molecule has 6 nitrogen and oxygen atoms in total. The zero-order valence-corrected chi connectivity index (χ0v) is 8.31. The molecule has 15 heavy (non-hydrogen) atoms. The Balaban J connectivity index is 2.28. The number of hydrogen-bond donors (Lipinski definition) is 3. The Morgan fingerprint density at radius 2 is 2.27 bits per heavy atom. The van der Waals surface area contributed by atoms with Gasteiger partial charge in [0.05, 0.1) is 5.69 Å². The molecule has 1 aromatic heterocycles. The maximum Gasteiger partial charge on any atom is 0.220 e. The van der Waals surface area contributed by atoms with Crippen LogP contribution in [0, 0.1) is 0 Å². The highest BCUT2D eigenvalue weighted by Gasteiger charge is 2.17. The van der Waals surface area contributed by atoms with E-state index in [1.165, 1.54) is 0 Å². The molecule has 1 aliphatic heterocycles. The van der Waals surface area contributed by atoms with Gasteiger partial charge >= 0.3 is 0 Å². The summed E-state index contributed by atoms with van der Waals surface area (Å²) in [4.78, 5) is 12.0. The van der Waals surface area contributed by atoms with Crippen LogP contribution in [0.5, 0.6) is 0 Å². The molecule has 0 bridgehead atoms. The van der Waals surface area contributed by atoms with Crippen molar-refractivity contribution in [3.63, 3.8) is 0 Å². The first kappa shape index (κ1) is 9.60. The summed E-state index contributed by atoms with van der Waals surface area (Å²) in [6, 6.07) is 1.76. The lowest BCUT2D eigenvalue weighted by Crippen LogP contribution is -2.48. The fourth-order valence-corrected chi connectivity index (χ4v) is 1.18. The predicted molar refractivity (Wildman–Crippen MR) is 58.6 cm³/mol. The van der Waals surface area contributed by atoms with E-state index in [0.29, 0.717) is 5.69 Å². The molecule has 2 rings (SSSR count). The Kier molecular flexibility index (Phi) is 2.12. The molecule has 0 aromatic carbocycles. The summed E-state index contributed by atoms with van der Waals surface area (Å²) in [7, 11) is 0. The minimum Gasteiger partial charge on any atom is -0.368 e. The van der Waals surface area contributed by atoms with Gasteiger partial charge in [-0.15, -0.1) is 0 Å². The van der Waals surface area contributed by atoms with Gasteiger partial charge in [0.15, 0.2) is 5.79 Å². The minimum absolute atomic E-state index is 0.239. The van der Waals surface area contributed by atoms with E-state index in [1.54, 1.807) is 31.6 Å². The van der Waals surface area contributed by atoms with Crippen molar-refractivity contribution >= 4 is 17.7 Å². The minimum atomic E-state index is -0.748. The molecular weight excluding hydrogens is 192 g/mol. The summed E-state index contributed by atoms with van der Waals surface area (Å²) in [6.07, 6.45) is 5.02. The molecule has 0 radical (unpaired) electrons. The summed E-state index contributed by atoms with van der Waals surface area (Å²) in [5, 5.41) is 2.94. The highest BCUT2D eigenvalue weighted by atomic mass is 15.2. The van der Waals surface area contributed by atoms with Crippen LogP contribution in [0.15, 0.2) is 23.5 Å². The number of allylic oxidation sites excluding steroid dienone is 1. The molecule has 1 aromatic rings. The lowest BCUT2D eigenvalue weighted by atomic mass is 10.2. The van der Waals surface area contributed by atoms with E-state index in [4.69, 9.17) is 11.5 Å². The van der Waals surface area contributed by atoms with Gasteiger partial charge in [-0.2, -0.15) is 0 Å². The zero-order valence-electron chi connectivity index (χ0n) is 8.31. The summed E-state index contributed by atoms with van der Waals surface area (Å²) in [5.74, 6) is -0.509. The van der Waals surface area contributed by atoms with Crippen LogP contribution in [0.4, 0.5) is 5.95 Å². The number of nitrogens with one attached hydrogen (secondary N) is 1. The highest BCUT2D eigenvalue weighted by Crippen LogP contribution is 2.13. The van der Waals surface area contributed by atoms with Gasteiger partial charge in [0, 0.05) is 24.2 Å². The number of aliphatic imine (C=N–C) groups is 1. The molecule has 78 valence electrons. The number of nitrogens with zero attached hydrogens (tertiary/aromatic N) is 3. The first-order valence-electron chi connectivity index (χ1n) is 4.48. The predicted octanol–water partition coefficient (Wildman–Crippen LogP) is -0.294. The molecule has 2 heterocycles. The summed E-state index contributed by atoms with van der Waals surface area (Å²) < 4.78 is 0. The molecule has 0 fully saturated rings. The van der Waals surface area contributed by atoms with Crippen LogP contribution >= 0.6 is 0 Å². The average molecular weight is 204 g/mol. The van der Waals surface area contributed by atoms with Gasteiger partial charge in [0.2, 0.25) is 5.95 Å². The number of hydrogen-bond acceptors (Lipinski definition) is 6. The summed E-state index contributed by atoms with van der Waals surface area (Å²) in [5.41, 5.74) is 12.8. The third-order valence-electron chi connectivity index (χ3n) is 1.96. The lowest BCUT2D eigenvalue weighted by Gasteiger charge is -2.24. The normalized spacial score (nSPS) is 24.5. The molecule has 1 atom stereocenters. The van der Waals surface area contributed by atoms with E-state index < -0.39 is 5.79 Å². The van der Waals surface area contributed by atoms with Crippen molar-refractivity contribution in [2.75, 3.05) is 5.73 Å². The summed E-state index contributed by atoms with van der Waals surface area (Å²) >= 11 is 0. The molecule has 0 amide bonds. The maximum absolute atomic E-state index is 5.74. The van der Waals surface area contributed by atoms with Gasteiger partial charge in [-0.05, 0) is 13.0 Å². The molecule has 0 saturated heterocycles. The van der Waals surface area contributed by atoms with Crippen molar-refractivity contribution in [1.29, 1.82) is 0 Å². The number of rotatable bonds is 1. The average Bonchev–Trinajstić information content (AvgIpc) is 2.17. The third kappa shape index (κ3) is 2.10. The van der Waals surface area contributed by atoms with Crippen molar-refractivity contribution in [1.82, 2.24) is 15.3 Å². The molecule has 5 N–H and O–H groups in total.